The number of carbonyl (C=O) groups excluding carboxylic acids is 1. The number of ether oxygens (including phenoxy) is 2. The van der Waals surface area contributed by atoms with E-state index in [2.05, 4.69) is 35.2 Å². The first-order valence-corrected chi connectivity index (χ1v) is 10.4. The molecule has 7 nitrogen and oxygen atoms in total. The van der Waals surface area contributed by atoms with Crippen molar-refractivity contribution in [1.29, 1.82) is 5.26 Å². The molecule has 1 aromatic heterocycles. The molecule has 166 valence electrons. The normalized spacial score (nSPS) is 13.3. The molecule has 1 heterocycles. The first kappa shape index (κ1) is 24.1. The van der Waals surface area contributed by atoms with Gasteiger partial charge in [0.1, 0.15) is 29.9 Å². The van der Waals surface area contributed by atoms with Crippen molar-refractivity contribution < 1.29 is 14.3 Å². The Balaban J connectivity index is 2.20. The molecule has 1 atom stereocenters. The minimum absolute atomic E-state index is 0.199. The van der Waals surface area contributed by atoms with Gasteiger partial charge < -0.3 is 14.8 Å². The molecule has 0 aliphatic rings. The summed E-state index contributed by atoms with van der Waals surface area (Å²) >= 11 is 0. The van der Waals surface area contributed by atoms with E-state index in [1.165, 1.54) is 0 Å². The smallest absolute Gasteiger partial charge is 0.408 e. The van der Waals surface area contributed by atoms with Crippen molar-refractivity contribution in [2.24, 2.45) is 5.92 Å². The van der Waals surface area contributed by atoms with E-state index < -0.39 is 17.2 Å². The van der Waals surface area contributed by atoms with Crippen molar-refractivity contribution in [3.8, 4) is 23.1 Å². The van der Waals surface area contributed by atoms with Crippen LogP contribution in [0.3, 0.4) is 0 Å². The maximum atomic E-state index is 12.4. The number of carbonyl (C=O) groups is 1. The molecule has 1 amide bonds. The molecule has 0 spiro atoms. The topological polar surface area (TPSA) is 97.1 Å². The van der Waals surface area contributed by atoms with E-state index in [0.29, 0.717) is 29.5 Å². The molecule has 0 fully saturated rings. The zero-order chi connectivity index (χ0) is 23.2. The lowest BCUT2D eigenvalue weighted by molar-refractivity contribution is 0.0408. The van der Waals surface area contributed by atoms with E-state index >= 15 is 0 Å². The van der Waals surface area contributed by atoms with E-state index in [1.54, 1.807) is 24.4 Å². The second-order valence-electron chi connectivity index (χ2n) is 9.39. The summed E-state index contributed by atoms with van der Waals surface area (Å²) in [5.41, 5.74) is 0.703. The molecule has 1 aromatic carbocycles. The van der Waals surface area contributed by atoms with Gasteiger partial charge in [0.2, 0.25) is 0 Å². The van der Waals surface area contributed by atoms with Crippen molar-refractivity contribution in [1.82, 2.24) is 15.3 Å². The number of nitriles is 1. The van der Waals surface area contributed by atoms with Crippen molar-refractivity contribution in [2.75, 3.05) is 6.61 Å². The third kappa shape index (κ3) is 7.56. The number of rotatable bonds is 7. The van der Waals surface area contributed by atoms with Crippen LogP contribution in [0, 0.1) is 24.2 Å². The van der Waals surface area contributed by atoms with Gasteiger partial charge in [-0.1, -0.05) is 13.8 Å². The summed E-state index contributed by atoms with van der Waals surface area (Å²) in [4.78, 5) is 20.9. The number of hydrogen-bond acceptors (Lipinski definition) is 6. The predicted octanol–water partition coefficient (Wildman–Crippen LogP) is 5.03. The number of alkyl carbamates (subject to hydrolysis) is 1. The fraction of sp³-hybridized carbons (Fsp3) is 0.500. The minimum atomic E-state index is -0.661. The average Bonchev–Trinajstić information content (AvgIpc) is 2.64. The fourth-order valence-electron chi connectivity index (χ4n) is 3.35. The maximum Gasteiger partial charge on any atom is 0.408 e. The standard InChI is InChI=1S/C24H32N4O3/c1-16(2)13-24(7,28-22(29)31-23(4,5)6)15-30-21-9-8-18(12-19(21)14-25)20-10-11-26-17(3)27-20/h8-12,16H,13,15H2,1-7H3,(H,28,29)/t24-/m0/s1. The Morgan fingerprint density at radius 1 is 1.23 bits per heavy atom. The molecular formula is C24H32N4O3. The third-order valence-corrected chi connectivity index (χ3v) is 4.38. The summed E-state index contributed by atoms with van der Waals surface area (Å²) < 4.78 is 11.4. The van der Waals surface area contributed by atoms with Crippen LogP contribution in [0.1, 0.15) is 59.4 Å². The Bertz CT molecular complexity index is 960. The Kier molecular flexibility index (Phi) is 7.61. The van der Waals surface area contributed by atoms with Gasteiger partial charge in [-0.05, 0) is 71.2 Å². The van der Waals surface area contributed by atoms with Gasteiger partial charge in [0.05, 0.1) is 16.8 Å². The number of nitrogens with zero attached hydrogens (tertiary/aromatic N) is 3. The number of aromatic nitrogens is 2. The molecule has 2 rings (SSSR count). The molecule has 0 aliphatic heterocycles. The Morgan fingerprint density at radius 2 is 1.94 bits per heavy atom. The lowest BCUT2D eigenvalue weighted by Gasteiger charge is -2.33. The van der Waals surface area contributed by atoms with E-state index in [1.807, 2.05) is 40.7 Å². The Labute approximate surface area is 184 Å². The van der Waals surface area contributed by atoms with Gasteiger partial charge in [-0.2, -0.15) is 5.26 Å². The highest BCUT2D eigenvalue weighted by atomic mass is 16.6. The molecule has 2 aromatic rings. The Morgan fingerprint density at radius 3 is 2.52 bits per heavy atom. The Hall–Kier alpha value is -3.14. The van der Waals surface area contributed by atoms with Crippen LogP contribution >= 0.6 is 0 Å². The van der Waals surface area contributed by atoms with Gasteiger partial charge >= 0.3 is 6.09 Å². The number of aryl methyl sites for hydroxylation is 1. The summed E-state index contributed by atoms with van der Waals surface area (Å²) in [6, 6.07) is 9.36. The molecular weight excluding hydrogens is 392 g/mol. The zero-order valence-electron chi connectivity index (χ0n) is 19.4. The SMILES string of the molecule is Cc1nccc(-c2ccc(OC[C@](C)(CC(C)C)NC(=O)OC(C)(C)C)c(C#N)c2)n1. The van der Waals surface area contributed by atoms with Crippen LogP contribution in [-0.4, -0.2) is 33.8 Å². The molecule has 0 bridgehead atoms. The van der Waals surface area contributed by atoms with Crippen LogP contribution < -0.4 is 10.1 Å². The summed E-state index contributed by atoms with van der Waals surface area (Å²) in [6.45, 7) is 13.6. The molecule has 31 heavy (non-hydrogen) atoms. The molecule has 0 aliphatic carbocycles. The molecule has 0 unspecified atom stereocenters. The lowest BCUT2D eigenvalue weighted by atomic mass is 9.91. The van der Waals surface area contributed by atoms with Crippen molar-refractivity contribution in [2.45, 2.75) is 66.0 Å². The number of amides is 1. The van der Waals surface area contributed by atoms with Crippen LogP contribution in [0.5, 0.6) is 5.75 Å². The average molecular weight is 425 g/mol. The first-order chi connectivity index (χ1) is 14.4. The molecule has 0 radical (unpaired) electrons. The quantitative estimate of drug-likeness (QED) is 0.669. The number of nitrogens with one attached hydrogen (secondary N) is 1. The number of hydrogen-bond donors (Lipinski definition) is 1. The van der Waals surface area contributed by atoms with Crippen LogP contribution in [0.15, 0.2) is 30.5 Å². The van der Waals surface area contributed by atoms with Crippen LogP contribution in [0.25, 0.3) is 11.3 Å². The van der Waals surface area contributed by atoms with E-state index in [4.69, 9.17) is 9.47 Å². The molecule has 7 heteroatoms. The van der Waals surface area contributed by atoms with Crippen molar-refractivity contribution in [3.05, 3.63) is 41.9 Å². The summed E-state index contributed by atoms with van der Waals surface area (Å²) in [6.07, 6.45) is 1.88. The van der Waals surface area contributed by atoms with Crippen molar-refractivity contribution >= 4 is 6.09 Å². The fourth-order valence-corrected chi connectivity index (χ4v) is 3.35. The summed E-state index contributed by atoms with van der Waals surface area (Å²) in [5.74, 6) is 1.44. The van der Waals surface area contributed by atoms with Gasteiger partial charge in [0.15, 0.2) is 0 Å². The minimum Gasteiger partial charge on any atom is -0.490 e. The summed E-state index contributed by atoms with van der Waals surface area (Å²) in [5, 5.41) is 12.6. The second-order valence-corrected chi connectivity index (χ2v) is 9.39. The van der Waals surface area contributed by atoms with Gasteiger partial charge in [-0.3, -0.25) is 0 Å². The van der Waals surface area contributed by atoms with Crippen molar-refractivity contribution in [3.63, 3.8) is 0 Å². The van der Waals surface area contributed by atoms with E-state index in [9.17, 15) is 10.1 Å². The van der Waals surface area contributed by atoms with Crippen LogP contribution in [0.2, 0.25) is 0 Å². The largest absolute Gasteiger partial charge is 0.490 e. The first-order valence-electron chi connectivity index (χ1n) is 10.4. The van der Waals surface area contributed by atoms with Crippen LogP contribution in [0.4, 0.5) is 4.79 Å². The molecule has 0 saturated heterocycles. The van der Waals surface area contributed by atoms with Gasteiger partial charge in [-0.25, -0.2) is 14.8 Å². The highest BCUT2D eigenvalue weighted by molar-refractivity contribution is 5.69. The summed E-state index contributed by atoms with van der Waals surface area (Å²) in [7, 11) is 0. The van der Waals surface area contributed by atoms with Crippen LogP contribution in [-0.2, 0) is 4.74 Å². The lowest BCUT2D eigenvalue weighted by Crippen LogP contribution is -2.52. The highest BCUT2D eigenvalue weighted by Crippen LogP contribution is 2.27. The molecule has 0 saturated carbocycles. The van der Waals surface area contributed by atoms with E-state index in [0.717, 1.165) is 11.3 Å². The number of benzene rings is 1. The second kappa shape index (κ2) is 9.78. The molecule has 1 N–H and O–H groups in total. The highest BCUT2D eigenvalue weighted by Gasteiger charge is 2.31. The predicted molar refractivity (Wildman–Crippen MR) is 120 cm³/mol. The van der Waals surface area contributed by atoms with Gasteiger partial charge in [0.25, 0.3) is 0 Å². The van der Waals surface area contributed by atoms with Gasteiger partial charge in [-0.15, -0.1) is 0 Å². The zero-order valence-corrected chi connectivity index (χ0v) is 19.4. The third-order valence-electron chi connectivity index (χ3n) is 4.38. The van der Waals surface area contributed by atoms with E-state index in [-0.39, 0.29) is 6.61 Å². The monoisotopic (exact) mass is 424 g/mol. The van der Waals surface area contributed by atoms with Gasteiger partial charge in [0, 0.05) is 11.8 Å². The maximum absolute atomic E-state index is 12.4.